The molecule has 1 amide bonds. The minimum Gasteiger partial charge on any atom is -0.434 e. The largest absolute Gasteiger partial charge is 0.434 e. The van der Waals surface area contributed by atoms with Gasteiger partial charge in [0.05, 0.1) is 18.3 Å². The Morgan fingerprint density at radius 2 is 2.00 bits per heavy atom. The van der Waals surface area contributed by atoms with Gasteiger partial charge in [-0.05, 0) is 70.7 Å². The molecule has 1 aromatic carbocycles. The summed E-state index contributed by atoms with van der Waals surface area (Å²) in [4.78, 5) is 24.3. The number of anilines is 1. The maximum atomic E-state index is 14.3. The molecular formula is C32H50FN7O4. The predicted octanol–water partition coefficient (Wildman–Crippen LogP) is 3.59. The molecule has 3 heterocycles. The van der Waals surface area contributed by atoms with Crippen molar-refractivity contribution < 1.29 is 23.8 Å². The van der Waals surface area contributed by atoms with Crippen LogP contribution in [0.3, 0.4) is 0 Å². The van der Waals surface area contributed by atoms with Crippen molar-refractivity contribution in [2.24, 2.45) is 11.3 Å². The van der Waals surface area contributed by atoms with Gasteiger partial charge in [0.1, 0.15) is 17.9 Å². The highest BCUT2D eigenvalue weighted by molar-refractivity contribution is 5.97. The van der Waals surface area contributed by atoms with Crippen LogP contribution < -0.4 is 15.0 Å². The van der Waals surface area contributed by atoms with Crippen LogP contribution >= 0.6 is 0 Å². The molecule has 2 aliphatic rings. The van der Waals surface area contributed by atoms with Crippen LogP contribution in [0.15, 0.2) is 24.5 Å². The fourth-order valence-electron chi connectivity index (χ4n) is 6.59. The maximum absolute atomic E-state index is 14.3. The molecule has 0 aliphatic carbocycles. The van der Waals surface area contributed by atoms with Gasteiger partial charge in [-0.25, -0.2) is 9.37 Å². The molecule has 244 valence electrons. The second kappa shape index (κ2) is 15.4. The monoisotopic (exact) mass is 615 g/mol. The Bertz CT molecular complexity index is 1220. The molecule has 11 nitrogen and oxygen atoms in total. The van der Waals surface area contributed by atoms with Crippen LogP contribution in [0, 0.1) is 17.2 Å². The first kappa shape index (κ1) is 34.0. The summed E-state index contributed by atoms with van der Waals surface area (Å²) >= 11 is 0. The summed E-state index contributed by atoms with van der Waals surface area (Å²) in [6, 6.07) is 4.42. The molecule has 1 aromatic heterocycles. The van der Waals surface area contributed by atoms with Crippen LogP contribution in [0.1, 0.15) is 64.2 Å². The van der Waals surface area contributed by atoms with E-state index in [9.17, 15) is 14.3 Å². The average Bonchev–Trinajstić information content (AvgIpc) is 3.43. The highest BCUT2D eigenvalue weighted by atomic mass is 19.1. The molecule has 44 heavy (non-hydrogen) atoms. The van der Waals surface area contributed by atoms with Crippen LogP contribution in [-0.2, 0) is 4.74 Å². The predicted molar refractivity (Wildman–Crippen MR) is 168 cm³/mol. The molecule has 2 fully saturated rings. The molecule has 2 aliphatic heterocycles. The number of carbonyl (C=O) groups excluding carboxylic acids is 1. The summed E-state index contributed by atoms with van der Waals surface area (Å²) in [6.45, 7) is 16.1. The standard InChI is InChI=1S/C32H50FN7O4/c1-7-40(23(4)5)31(42)26-15-24(33)10-11-28(26)44-30-29(35-21-36-37-30)38-14-12-32(18-38)19-39(20-32)27(22(2)3)9-8-13-34-16-25(17-41)43-6/h10-11,15,21-23,25,27,34,41H,7-9,12-14,16-20H2,1-6H3/t25?,27-/m1/s1. The number of amides is 1. The van der Waals surface area contributed by atoms with Crippen LogP contribution in [0.2, 0.25) is 0 Å². The summed E-state index contributed by atoms with van der Waals surface area (Å²) in [5, 5.41) is 20.9. The molecule has 0 bridgehead atoms. The SMILES string of the molecule is CCN(C(=O)c1cc(F)ccc1Oc1nncnc1N1CCC2(C1)CN([C@H](CCCNCC(CO)OC)C(C)C)C2)C(C)C. The number of ether oxygens (including phenoxy) is 2. The van der Waals surface area contributed by atoms with Crippen molar-refractivity contribution in [1.29, 1.82) is 0 Å². The Morgan fingerprint density at radius 1 is 1.23 bits per heavy atom. The van der Waals surface area contributed by atoms with E-state index < -0.39 is 5.82 Å². The molecule has 1 unspecified atom stereocenters. The van der Waals surface area contributed by atoms with Crippen molar-refractivity contribution in [2.75, 3.05) is 64.4 Å². The van der Waals surface area contributed by atoms with Gasteiger partial charge in [0.25, 0.3) is 11.8 Å². The second-order valence-corrected chi connectivity index (χ2v) is 12.8. The van der Waals surface area contributed by atoms with Crippen LogP contribution in [-0.4, -0.2) is 114 Å². The van der Waals surface area contributed by atoms with Gasteiger partial charge < -0.3 is 29.7 Å². The second-order valence-electron chi connectivity index (χ2n) is 12.8. The number of nitrogens with zero attached hydrogens (tertiary/aromatic N) is 6. The number of aliphatic hydroxyl groups is 1. The van der Waals surface area contributed by atoms with Crippen LogP contribution in [0.25, 0.3) is 0 Å². The third kappa shape index (κ3) is 8.01. The molecular weight excluding hydrogens is 565 g/mol. The van der Waals surface area contributed by atoms with E-state index >= 15 is 0 Å². The first-order chi connectivity index (χ1) is 21.1. The van der Waals surface area contributed by atoms with Gasteiger partial charge in [-0.3, -0.25) is 9.69 Å². The topological polar surface area (TPSA) is 116 Å². The smallest absolute Gasteiger partial charge is 0.282 e. The van der Waals surface area contributed by atoms with Crippen molar-refractivity contribution in [2.45, 2.75) is 72.1 Å². The van der Waals surface area contributed by atoms with E-state index in [0.29, 0.717) is 30.9 Å². The molecule has 12 heteroatoms. The zero-order chi connectivity index (χ0) is 31.9. The molecule has 4 rings (SSSR count). The fraction of sp³-hybridized carbons (Fsp3) is 0.688. The first-order valence-corrected chi connectivity index (χ1v) is 15.9. The number of methoxy groups -OCH3 is 1. The summed E-state index contributed by atoms with van der Waals surface area (Å²) < 4.78 is 25.7. The number of rotatable bonds is 16. The molecule has 2 atom stereocenters. The summed E-state index contributed by atoms with van der Waals surface area (Å²) in [7, 11) is 1.62. The number of halogens is 1. The first-order valence-electron chi connectivity index (χ1n) is 15.9. The molecule has 0 radical (unpaired) electrons. The maximum Gasteiger partial charge on any atom is 0.282 e. The average molecular weight is 616 g/mol. The number of aliphatic hydroxyl groups excluding tert-OH is 1. The summed E-state index contributed by atoms with van der Waals surface area (Å²) in [5.41, 5.74) is 0.322. The molecule has 2 N–H and O–H groups in total. The van der Waals surface area contributed by atoms with Gasteiger partial charge in [0, 0.05) is 63.9 Å². The third-order valence-corrected chi connectivity index (χ3v) is 8.99. The number of hydrogen-bond acceptors (Lipinski definition) is 10. The normalized spacial score (nSPS) is 17.7. The van der Waals surface area contributed by atoms with Gasteiger partial charge >= 0.3 is 0 Å². The number of benzene rings is 1. The minimum atomic E-state index is -0.508. The Balaban J connectivity index is 1.39. The molecule has 1 spiro atoms. The Kier molecular flexibility index (Phi) is 11.9. The Morgan fingerprint density at radius 3 is 2.66 bits per heavy atom. The van der Waals surface area contributed by atoms with E-state index in [-0.39, 0.29) is 47.3 Å². The Hall–Kier alpha value is -2.93. The van der Waals surface area contributed by atoms with Crippen molar-refractivity contribution >= 4 is 11.7 Å². The van der Waals surface area contributed by atoms with E-state index in [1.807, 2.05) is 20.8 Å². The van der Waals surface area contributed by atoms with Crippen LogP contribution in [0.4, 0.5) is 10.2 Å². The van der Waals surface area contributed by atoms with E-state index in [2.05, 4.69) is 44.1 Å². The van der Waals surface area contributed by atoms with Gasteiger partial charge in [0.2, 0.25) is 0 Å². The summed E-state index contributed by atoms with van der Waals surface area (Å²) in [6.07, 6.45) is 4.46. The van der Waals surface area contributed by atoms with Crippen molar-refractivity contribution in [3.8, 4) is 11.6 Å². The van der Waals surface area contributed by atoms with Gasteiger partial charge in [-0.2, -0.15) is 0 Å². The Labute approximate surface area is 261 Å². The molecule has 0 saturated carbocycles. The number of aromatic nitrogens is 3. The summed E-state index contributed by atoms with van der Waals surface area (Å²) in [5.74, 6) is 0.755. The lowest BCUT2D eigenvalue weighted by atomic mass is 9.76. The fourth-order valence-corrected chi connectivity index (χ4v) is 6.59. The molecule has 2 saturated heterocycles. The lowest BCUT2D eigenvalue weighted by molar-refractivity contribution is -0.0339. The lowest BCUT2D eigenvalue weighted by Crippen LogP contribution is -2.62. The quantitative estimate of drug-likeness (QED) is 0.272. The number of nitrogens with one attached hydrogen (secondary N) is 1. The van der Waals surface area contributed by atoms with E-state index in [1.165, 1.54) is 24.5 Å². The lowest BCUT2D eigenvalue weighted by Gasteiger charge is -2.53. The van der Waals surface area contributed by atoms with E-state index in [0.717, 1.165) is 52.0 Å². The number of hydrogen-bond donors (Lipinski definition) is 2. The van der Waals surface area contributed by atoms with Crippen LogP contribution in [0.5, 0.6) is 11.6 Å². The molecule has 2 aromatic rings. The number of carbonyl (C=O) groups is 1. The zero-order valence-corrected chi connectivity index (χ0v) is 27.1. The van der Waals surface area contributed by atoms with Crippen molar-refractivity contribution in [3.63, 3.8) is 0 Å². The highest BCUT2D eigenvalue weighted by Crippen LogP contribution is 2.44. The highest BCUT2D eigenvalue weighted by Gasteiger charge is 2.50. The number of likely N-dealkylation sites (tertiary alicyclic amines) is 1. The van der Waals surface area contributed by atoms with Crippen molar-refractivity contribution in [3.05, 3.63) is 35.9 Å². The van der Waals surface area contributed by atoms with E-state index in [4.69, 9.17) is 9.47 Å². The minimum absolute atomic E-state index is 0.0205. The van der Waals surface area contributed by atoms with E-state index in [1.54, 1.807) is 12.0 Å². The van der Waals surface area contributed by atoms with Gasteiger partial charge in [0.15, 0.2) is 5.82 Å². The third-order valence-electron chi connectivity index (χ3n) is 8.99. The van der Waals surface area contributed by atoms with Gasteiger partial charge in [-0.15, -0.1) is 10.2 Å². The van der Waals surface area contributed by atoms with Gasteiger partial charge in [-0.1, -0.05) is 13.8 Å². The van der Waals surface area contributed by atoms with Crippen molar-refractivity contribution in [1.82, 2.24) is 30.3 Å². The zero-order valence-electron chi connectivity index (χ0n) is 27.1.